The normalized spacial score (nSPS) is 19.6. The van der Waals surface area contributed by atoms with E-state index >= 15 is 0 Å². The van der Waals surface area contributed by atoms with Gasteiger partial charge in [-0.05, 0) is 53.3 Å². The molecule has 3 atom stereocenters. The van der Waals surface area contributed by atoms with Crippen molar-refractivity contribution < 1.29 is 0 Å². The minimum absolute atomic E-state index is 0.0824. The van der Waals surface area contributed by atoms with Crippen molar-refractivity contribution in [2.45, 2.75) is 31.1 Å². The summed E-state index contributed by atoms with van der Waals surface area (Å²) < 4.78 is 1.34. The summed E-state index contributed by atoms with van der Waals surface area (Å²) in [6.45, 7) is 0. The zero-order valence-electron chi connectivity index (χ0n) is 23.8. The number of benzene rings is 4. The number of nitrogens with zero attached hydrogens (tertiary/aromatic N) is 3. The van der Waals surface area contributed by atoms with Crippen LogP contribution < -0.4 is 0 Å². The van der Waals surface area contributed by atoms with Crippen molar-refractivity contribution in [3.8, 4) is 22.8 Å². The van der Waals surface area contributed by atoms with Gasteiger partial charge in [-0.25, -0.2) is 15.0 Å². The van der Waals surface area contributed by atoms with Gasteiger partial charge in [0.05, 0.1) is 0 Å². The number of hydrogen-bond donors (Lipinski definition) is 0. The maximum absolute atomic E-state index is 5.21. The summed E-state index contributed by atoms with van der Waals surface area (Å²) in [6, 6.07) is 40.3. The van der Waals surface area contributed by atoms with Gasteiger partial charge >= 0.3 is 0 Å². The molecular weight excluding hydrogens is 543 g/mol. The predicted molar refractivity (Wildman–Crippen MR) is 177 cm³/mol. The van der Waals surface area contributed by atoms with Crippen LogP contribution in [0.4, 0.5) is 0 Å². The molecule has 4 aromatic carbocycles. The molecule has 208 valence electrons. The van der Waals surface area contributed by atoms with E-state index in [1.807, 2.05) is 47.7 Å². The van der Waals surface area contributed by atoms with Gasteiger partial charge in [-0.2, -0.15) is 0 Å². The molecule has 0 saturated heterocycles. The first-order valence-corrected chi connectivity index (χ1v) is 15.9. The molecular formula is C39H31N3S. The highest BCUT2D eigenvalue weighted by molar-refractivity contribution is 7.19. The fourth-order valence-electron chi connectivity index (χ4n) is 6.72. The van der Waals surface area contributed by atoms with Gasteiger partial charge in [-0.3, -0.25) is 0 Å². The van der Waals surface area contributed by atoms with E-state index < -0.39 is 0 Å². The predicted octanol–water partition coefficient (Wildman–Crippen LogP) is 9.78. The Balaban J connectivity index is 1.23. The molecule has 3 nitrogen and oxygen atoms in total. The van der Waals surface area contributed by atoms with E-state index in [9.17, 15) is 0 Å². The monoisotopic (exact) mass is 573 g/mol. The van der Waals surface area contributed by atoms with Crippen LogP contribution >= 0.6 is 11.3 Å². The van der Waals surface area contributed by atoms with Crippen LogP contribution in [0.25, 0.3) is 32.9 Å². The van der Waals surface area contributed by atoms with Crippen LogP contribution in [0, 0.1) is 5.92 Å². The quantitative estimate of drug-likeness (QED) is 0.206. The zero-order chi connectivity index (χ0) is 28.6. The highest BCUT2D eigenvalue weighted by Gasteiger charge is 2.35. The summed E-state index contributed by atoms with van der Waals surface area (Å²) in [7, 11) is 0. The molecule has 0 saturated carbocycles. The summed E-state index contributed by atoms with van der Waals surface area (Å²) in [5.41, 5.74) is 6.26. The molecule has 0 N–H and O–H groups in total. The van der Waals surface area contributed by atoms with Gasteiger partial charge < -0.3 is 0 Å². The van der Waals surface area contributed by atoms with Crippen LogP contribution in [-0.2, 0) is 6.42 Å². The Bertz CT molecular complexity index is 1900. The number of allylic oxidation sites excluding steroid dienone is 4. The molecule has 43 heavy (non-hydrogen) atoms. The number of fused-ring (bicyclic) bond motifs is 3. The number of hydrogen-bond acceptors (Lipinski definition) is 4. The van der Waals surface area contributed by atoms with E-state index in [1.165, 1.54) is 31.7 Å². The third-order valence-corrected chi connectivity index (χ3v) is 10.1. The number of thiophene rings is 1. The second-order valence-electron chi connectivity index (χ2n) is 11.5. The molecule has 0 spiro atoms. The molecule has 3 unspecified atom stereocenters. The number of aromatic nitrogens is 3. The van der Waals surface area contributed by atoms with E-state index in [0.717, 1.165) is 47.9 Å². The maximum Gasteiger partial charge on any atom is 0.163 e. The second kappa shape index (κ2) is 11.2. The van der Waals surface area contributed by atoms with Crippen LogP contribution in [0.5, 0.6) is 0 Å². The summed E-state index contributed by atoms with van der Waals surface area (Å²) in [4.78, 5) is 16.9. The van der Waals surface area contributed by atoms with E-state index in [1.54, 1.807) is 0 Å². The molecule has 0 radical (unpaired) electrons. The van der Waals surface area contributed by atoms with Crippen molar-refractivity contribution in [1.29, 1.82) is 0 Å². The summed E-state index contributed by atoms with van der Waals surface area (Å²) in [5, 5.41) is 1.34. The van der Waals surface area contributed by atoms with Gasteiger partial charge in [0, 0.05) is 32.5 Å². The fourth-order valence-corrected chi connectivity index (χ4v) is 8.06. The molecule has 0 bridgehead atoms. The lowest BCUT2D eigenvalue weighted by Gasteiger charge is -2.31. The van der Waals surface area contributed by atoms with Crippen LogP contribution in [0.1, 0.15) is 46.5 Å². The molecule has 0 aliphatic heterocycles. The first-order valence-electron chi connectivity index (χ1n) is 15.1. The lowest BCUT2D eigenvalue weighted by Crippen LogP contribution is -2.22. The topological polar surface area (TPSA) is 38.7 Å². The SMILES string of the molecule is C1=CC(c2ccccc2)CC=C1C1Cc2sc3ccccc3c2C(c2nc(-c3ccccc3)nc(-c3ccccc3)n2)C1. The Kier molecular flexibility index (Phi) is 6.77. The molecule has 0 amide bonds. The lowest BCUT2D eigenvalue weighted by molar-refractivity contribution is 0.485. The summed E-state index contributed by atoms with van der Waals surface area (Å²) in [5.74, 6) is 3.26. The van der Waals surface area contributed by atoms with Crippen molar-refractivity contribution in [3.63, 3.8) is 0 Å². The minimum atomic E-state index is 0.0824. The van der Waals surface area contributed by atoms with Crippen molar-refractivity contribution in [3.05, 3.63) is 161 Å². The average Bonchev–Trinajstić information content (AvgIpc) is 3.47. The highest BCUT2D eigenvalue weighted by atomic mass is 32.1. The molecule has 2 aliphatic rings. The first kappa shape index (κ1) is 26.0. The van der Waals surface area contributed by atoms with Crippen LogP contribution in [0.2, 0.25) is 0 Å². The average molecular weight is 574 g/mol. The third-order valence-electron chi connectivity index (χ3n) is 8.87. The molecule has 8 rings (SSSR count). The first-order chi connectivity index (χ1) is 21.3. The van der Waals surface area contributed by atoms with Gasteiger partial charge in [-0.1, -0.05) is 127 Å². The van der Waals surface area contributed by atoms with E-state index in [4.69, 9.17) is 15.0 Å². The lowest BCUT2D eigenvalue weighted by atomic mass is 9.74. The van der Waals surface area contributed by atoms with Crippen molar-refractivity contribution >= 4 is 21.4 Å². The molecule has 0 fully saturated rings. The zero-order valence-corrected chi connectivity index (χ0v) is 24.6. The van der Waals surface area contributed by atoms with Crippen LogP contribution in [0.15, 0.2) is 139 Å². The minimum Gasteiger partial charge on any atom is -0.212 e. The second-order valence-corrected chi connectivity index (χ2v) is 12.7. The van der Waals surface area contributed by atoms with Crippen molar-refractivity contribution in [1.82, 2.24) is 15.0 Å². The van der Waals surface area contributed by atoms with Gasteiger partial charge in [0.25, 0.3) is 0 Å². The molecule has 2 heterocycles. The van der Waals surface area contributed by atoms with E-state index in [-0.39, 0.29) is 5.92 Å². The Morgan fingerprint density at radius 1 is 0.651 bits per heavy atom. The van der Waals surface area contributed by atoms with Gasteiger partial charge in [0.15, 0.2) is 11.6 Å². The Labute approximate surface area is 256 Å². The van der Waals surface area contributed by atoms with Crippen molar-refractivity contribution in [2.75, 3.05) is 0 Å². The molecule has 2 aromatic heterocycles. The Morgan fingerprint density at radius 3 is 1.93 bits per heavy atom. The maximum atomic E-state index is 5.21. The van der Waals surface area contributed by atoms with Crippen LogP contribution in [-0.4, -0.2) is 15.0 Å². The Morgan fingerprint density at radius 2 is 1.28 bits per heavy atom. The largest absolute Gasteiger partial charge is 0.212 e. The van der Waals surface area contributed by atoms with Crippen LogP contribution in [0.3, 0.4) is 0 Å². The van der Waals surface area contributed by atoms with Gasteiger partial charge in [0.1, 0.15) is 5.82 Å². The summed E-state index contributed by atoms with van der Waals surface area (Å²) >= 11 is 1.94. The van der Waals surface area contributed by atoms with Gasteiger partial charge in [0.2, 0.25) is 0 Å². The smallest absolute Gasteiger partial charge is 0.163 e. The number of rotatable bonds is 5. The molecule has 2 aliphatic carbocycles. The molecule has 6 aromatic rings. The Hall–Kier alpha value is -4.67. The standard InChI is InChI=1S/C39H31N3S/c1-4-12-26(13-5-1)27-20-22-28(23-21-27)31-24-33(36-32-18-10-11-19-34(32)43-35(36)25-31)39-41-37(29-14-6-2-7-15-29)40-38(42-39)30-16-8-3-9-17-30/h1-20,22-23,27,31,33H,21,24-25H2. The van der Waals surface area contributed by atoms with E-state index in [0.29, 0.717) is 11.8 Å². The van der Waals surface area contributed by atoms with Crippen molar-refractivity contribution in [2.24, 2.45) is 5.92 Å². The van der Waals surface area contributed by atoms with Gasteiger partial charge in [-0.15, -0.1) is 11.3 Å². The third kappa shape index (κ3) is 5.02. The highest BCUT2D eigenvalue weighted by Crippen LogP contribution is 2.49. The summed E-state index contributed by atoms with van der Waals surface area (Å²) in [6.07, 6.45) is 10.4. The molecule has 4 heteroatoms. The fraction of sp³-hybridized carbons (Fsp3) is 0.154. The van der Waals surface area contributed by atoms with E-state index in [2.05, 4.69) is 97.1 Å².